The van der Waals surface area contributed by atoms with Gasteiger partial charge in [0.2, 0.25) is 11.7 Å². The van der Waals surface area contributed by atoms with Gasteiger partial charge in [0.15, 0.2) is 0 Å². The molecule has 2 aromatic carbocycles. The van der Waals surface area contributed by atoms with Crippen LogP contribution in [0.5, 0.6) is 5.75 Å². The number of methoxy groups -OCH3 is 1. The molecule has 26 heavy (non-hydrogen) atoms. The van der Waals surface area contributed by atoms with Crippen LogP contribution in [0.25, 0.3) is 11.4 Å². The highest BCUT2D eigenvalue weighted by Crippen LogP contribution is 2.32. The molecule has 1 aromatic heterocycles. The van der Waals surface area contributed by atoms with Gasteiger partial charge in [-0.1, -0.05) is 28.9 Å². The van der Waals surface area contributed by atoms with Gasteiger partial charge in [0.05, 0.1) is 7.11 Å². The zero-order valence-electron chi connectivity index (χ0n) is 15.1. The summed E-state index contributed by atoms with van der Waals surface area (Å²) in [5.74, 6) is 1.98. The van der Waals surface area contributed by atoms with Gasteiger partial charge in [-0.2, -0.15) is 4.98 Å². The van der Waals surface area contributed by atoms with Gasteiger partial charge in [0.1, 0.15) is 11.8 Å². The van der Waals surface area contributed by atoms with E-state index in [-0.39, 0.29) is 12.1 Å². The van der Waals surface area contributed by atoms with E-state index >= 15 is 0 Å². The van der Waals surface area contributed by atoms with Crippen molar-refractivity contribution in [1.82, 2.24) is 21.0 Å². The minimum atomic E-state index is -0.0137. The van der Waals surface area contributed by atoms with Crippen molar-refractivity contribution in [2.75, 3.05) is 7.11 Å². The summed E-state index contributed by atoms with van der Waals surface area (Å²) in [4.78, 5) is 4.56. The lowest BCUT2D eigenvalue weighted by Gasteiger charge is -2.13. The molecule has 1 fully saturated rings. The van der Waals surface area contributed by atoms with Crippen LogP contribution in [-0.2, 0) is 0 Å². The summed E-state index contributed by atoms with van der Waals surface area (Å²) in [7, 11) is 1.65. The fourth-order valence-electron chi connectivity index (χ4n) is 3.37. The van der Waals surface area contributed by atoms with Crippen LogP contribution in [0.1, 0.15) is 41.1 Å². The van der Waals surface area contributed by atoms with Gasteiger partial charge >= 0.3 is 0 Å². The predicted octanol–water partition coefficient (Wildman–Crippen LogP) is 3.64. The maximum absolute atomic E-state index is 5.50. The third-order valence-corrected chi connectivity index (χ3v) is 4.79. The summed E-state index contributed by atoms with van der Waals surface area (Å²) in [6, 6.07) is 14.4. The van der Waals surface area contributed by atoms with Crippen LogP contribution in [0, 0.1) is 13.8 Å². The molecule has 1 aliphatic rings. The SMILES string of the molecule is COc1ccc(-c2noc(C3CC(c4ccc(C)cc4C)NN3)n2)cc1. The lowest BCUT2D eigenvalue weighted by molar-refractivity contribution is 0.340. The van der Waals surface area contributed by atoms with Gasteiger partial charge in [-0.15, -0.1) is 0 Å². The van der Waals surface area contributed by atoms with Gasteiger partial charge in [-0.3, -0.25) is 0 Å². The number of nitrogens with zero attached hydrogens (tertiary/aromatic N) is 2. The van der Waals surface area contributed by atoms with E-state index in [9.17, 15) is 0 Å². The standard InChI is InChI=1S/C20H22N4O2/c1-12-4-9-16(13(2)10-12)17-11-18(23-22-17)20-21-19(24-26-20)14-5-7-15(25-3)8-6-14/h4-10,17-18,22-23H,11H2,1-3H3. The third-order valence-electron chi connectivity index (χ3n) is 4.79. The highest BCUT2D eigenvalue weighted by molar-refractivity contribution is 5.55. The second-order valence-corrected chi connectivity index (χ2v) is 6.67. The molecule has 0 spiro atoms. The Kier molecular flexibility index (Phi) is 4.44. The van der Waals surface area contributed by atoms with Crippen molar-refractivity contribution in [3.05, 3.63) is 65.0 Å². The van der Waals surface area contributed by atoms with Crippen molar-refractivity contribution >= 4 is 0 Å². The predicted molar refractivity (Wildman–Crippen MR) is 98.6 cm³/mol. The molecule has 2 heterocycles. The van der Waals surface area contributed by atoms with Crippen molar-refractivity contribution in [2.24, 2.45) is 0 Å². The van der Waals surface area contributed by atoms with Crippen LogP contribution in [-0.4, -0.2) is 17.3 Å². The molecule has 0 amide bonds. The highest BCUT2D eigenvalue weighted by atomic mass is 16.5. The molecule has 2 atom stereocenters. The Morgan fingerprint density at radius 3 is 2.54 bits per heavy atom. The number of ether oxygens (including phenoxy) is 1. The first-order chi connectivity index (χ1) is 12.6. The van der Waals surface area contributed by atoms with E-state index in [4.69, 9.17) is 9.26 Å². The average Bonchev–Trinajstić information content (AvgIpc) is 3.31. The van der Waals surface area contributed by atoms with E-state index < -0.39 is 0 Å². The molecule has 134 valence electrons. The molecule has 0 bridgehead atoms. The minimum Gasteiger partial charge on any atom is -0.497 e. The van der Waals surface area contributed by atoms with Crippen molar-refractivity contribution in [3.63, 3.8) is 0 Å². The normalized spacial score (nSPS) is 19.7. The number of hydrogen-bond acceptors (Lipinski definition) is 6. The number of benzene rings is 2. The number of aromatic nitrogens is 2. The van der Waals surface area contributed by atoms with Crippen LogP contribution in [0.3, 0.4) is 0 Å². The zero-order valence-corrected chi connectivity index (χ0v) is 15.1. The Morgan fingerprint density at radius 1 is 1.04 bits per heavy atom. The average molecular weight is 350 g/mol. The molecular formula is C20H22N4O2. The summed E-state index contributed by atoms with van der Waals surface area (Å²) in [5.41, 5.74) is 11.4. The van der Waals surface area contributed by atoms with E-state index in [2.05, 4.69) is 53.0 Å². The Balaban J connectivity index is 1.50. The second kappa shape index (κ2) is 6.90. The van der Waals surface area contributed by atoms with Crippen molar-refractivity contribution < 1.29 is 9.26 Å². The number of hydrazine groups is 1. The quantitative estimate of drug-likeness (QED) is 0.748. The summed E-state index contributed by atoms with van der Waals surface area (Å²) in [5, 5.41) is 4.12. The molecule has 2 unspecified atom stereocenters. The molecule has 1 saturated heterocycles. The van der Waals surface area contributed by atoms with Crippen LogP contribution in [0.4, 0.5) is 0 Å². The monoisotopic (exact) mass is 350 g/mol. The van der Waals surface area contributed by atoms with Crippen molar-refractivity contribution in [1.29, 1.82) is 0 Å². The first kappa shape index (κ1) is 16.8. The Labute approximate surface area is 152 Å². The summed E-state index contributed by atoms with van der Waals surface area (Å²) >= 11 is 0. The topological polar surface area (TPSA) is 72.2 Å². The van der Waals surface area contributed by atoms with Crippen LogP contribution < -0.4 is 15.6 Å². The number of aryl methyl sites for hydroxylation is 2. The first-order valence-electron chi connectivity index (χ1n) is 8.70. The molecule has 6 heteroatoms. The second-order valence-electron chi connectivity index (χ2n) is 6.67. The highest BCUT2D eigenvalue weighted by Gasteiger charge is 2.31. The number of rotatable bonds is 4. The van der Waals surface area contributed by atoms with Gasteiger partial charge in [-0.25, -0.2) is 10.9 Å². The molecule has 3 aromatic rings. The summed E-state index contributed by atoms with van der Waals surface area (Å²) < 4.78 is 10.7. The molecule has 0 aliphatic carbocycles. The van der Waals surface area contributed by atoms with Gasteiger partial charge < -0.3 is 9.26 Å². The van der Waals surface area contributed by atoms with E-state index in [1.165, 1.54) is 16.7 Å². The largest absolute Gasteiger partial charge is 0.497 e. The molecular weight excluding hydrogens is 328 g/mol. The van der Waals surface area contributed by atoms with Crippen LogP contribution >= 0.6 is 0 Å². The molecule has 1 aliphatic heterocycles. The third kappa shape index (κ3) is 3.21. The molecule has 4 rings (SSSR count). The number of hydrogen-bond donors (Lipinski definition) is 2. The summed E-state index contributed by atoms with van der Waals surface area (Å²) in [6.07, 6.45) is 0.855. The molecule has 2 N–H and O–H groups in total. The Hall–Kier alpha value is -2.70. The Bertz CT molecular complexity index is 904. The fourth-order valence-corrected chi connectivity index (χ4v) is 3.37. The van der Waals surface area contributed by atoms with E-state index in [1.807, 2.05) is 24.3 Å². The fraction of sp³-hybridized carbons (Fsp3) is 0.300. The van der Waals surface area contributed by atoms with Crippen molar-refractivity contribution in [2.45, 2.75) is 32.4 Å². The van der Waals surface area contributed by atoms with Gasteiger partial charge in [0.25, 0.3) is 0 Å². The lowest BCUT2D eigenvalue weighted by atomic mass is 9.96. The first-order valence-corrected chi connectivity index (χ1v) is 8.70. The maximum Gasteiger partial charge on any atom is 0.245 e. The van der Waals surface area contributed by atoms with Gasteiger partial charge in [-0.05, 0) is 55.7 Å². The minimum absolute atomic E-state index is 0.0137. The van der Waals surface area contributed by atoms with Crippen LogP contribution in [0.15, 0.2) is 47.0 Å². The molecule has 0 saturated carbocycles. The lowest BCUT2D eigenvalue weighted by Crippen LogP contribution is -2.27. The molecule has 6 nitrogen and oxygen atoms in total. The van der Waals surface area contributed by atoms with Gasteiger partial charge in [0, 0.05) is 11.6 Å². The molecule has 0 radical (unpaired) electrons. The Morgan fingerprint density at radius 2 is 1.81 bits per heavy atom. The summed E-state index contributed by atoms with van der Waals surface area (Å²) in [6.45, 7) is 4.25. The number of nitrogens with one attached hydrogen (secondary N) is 2. The van der Waals surface area contributed by atoms with Crippen molar-refractivity contribution in [3.8, 4) is 17.1 Å². The van der Waals surface area contributed by atoms with E-state index in [0.717, 1.165) is 17.7 Å². The van der Waals surface area contributed by atoms with Crippen LogP contribution in [0.2, 0.25) is 0 Å². The smallest absolute Gasteiger partial charge is 0.245 e. The zero-order chi connectivity index (χ0) is 18.1. The van der Waals surface area contributed by atoms with E-state index in [0.29, 0.717) is 11.7 Å². The van der Waals surface area contributed by atoms with E-state index in [1.54, 1.807) is 7.11 Å². The maximum atomic E-state index is 5.50.